The van der Waals surface area contributed by atoms with E-state index in [2.05, 4.69) is 15.9 Å². The summed E-state index contributed by atoms with van der Waals surface area (Å²) in [5, 5.41) is 0. The van der Waals surface area contributed by atoms with Crippen molar-refractivity contribution in [1.82, 2.24) is 0 Å². The second-order valence-electron chi connectivity index (χ2n) is 4.44. The SMILES string of the molecule is COC(=O)[C@@](Br)(C(C)C)[C@H](OC)c1ccccc1. The van der Waals surface area contributed by atoms with Crippen molar-refractivity contribution >= 4 is 21.9 Å². The van der Waals surface area contributed by atoms with E-state index in [9.17, 15) is 4.79 Å². The summed E-state index contributed by atoms with van der Waals surface area (Å²) in [7, 11) is 2.98. The van der Waals surface area contributed by atoms with Crippen molar-refractivity contribution in [2.75, 3.05) is 14.2 Å². The maximum absolute atomic E-state index is 12.1. The van der Waals surface area contributed by atoms with Crippen LogP contribution in [0.3, 0.4) is 0 Å². The molecule has 0 aromatic heterocycles. The normalized spacial score (nSPS) is 16.1. The van der Waals surface area contributed by atoms with Gasteiger partial charge in [-0.05, 0) is 11.5 Å². The van der Waals surface area contributed by atoms with E-state index in [0.717, 1.165) is 5.56 Å². The molecule has 0 aliphatic heterocycles. The Kier molecular flexibility index (Phi) is 5.35. The fraction of sp³-hybridized carbons (Fsp3) is 0.500. The van der Waals surface area contributed by atoms with Crippen molar-refractivity contribution in [1.29, 1.82) is 0 Å². The van der Waals surface area contributed by atoms with Crippen LogP contribution in [0.5, 0.6) is 0 Å². The molecule has 0 aliphatic rings. The van der Waals surface area contributed by atoms with E-state index in [0.29, 0.717) is 0 Å². The van der Waals surface area contributed by atoms with Gasteiger partial charge in [-0.1, -0.05) is 60.1 Å². The van der Waals surface area contributed by atoms with Crippen molar-refractivity contribution in [3.8, 4) is 0 Å². The van der Waals surface area contributed by atoms with Gasteiger partial charge in [0.15, 0.2) is 4.32 Å². The molecule has 2 atom stereocenters. The fourth-order valence-corrected chi connectivity index (χ4v) is 2.59. The second kappa shape index (κ2) is 6.34. The van der Waals surface area contributed by atoms with Crippen molar-refractivity contribution in [2.24, 2.45) is 5.92 Å². The van der Waals surface area contributed by atoms with Gasteiger partial charge in [0.2, 0.25) is 0 Å². The van der Waals surface area contributed by atoms with E-state index < -0.39 is 10.4 Å². The number of ether oxygens (including phenoxy) is 2. The van der Waals surface area contributed by atoms with E-state index in [1.807, 2.05) is 44.2 Å². The monoisotopic (exact) mass is 314 g/mol. The van der Waals surface area contributed by atoms with Crippen LogP contribution in [0.2, 0.25) is 0 Å². The average molecular weight is 315 g/mol. The number of methoxy groups -OCH3 is 2. The highest BCUT2D eigenvalue weighted by Gasteiger charge is 2.48. The first kappa shape index (κ1) is 15.2. The number of halogens is 1. The third kappa shape index (κ3) is 2.75. The summed E-state index contributed by atoms with van der Waals surface area (Å²) in [6.45, 7) is 3.92. The van der Waals surface area contributed by atoms with E-state index >= 15 is 0 Å². The van der Waals surface area contributed by atoms with Gasteiger partial charge >= 0.3 is 5.97 Å². The number of esters is 1. The van der Waals surface area contributed by atoms with Crippen LogP contribution in [0.15, 0.2) is 30.3 Å². The van der Waals surface area contributed by atoms with E-state index in [1.54, 1.807) is 7.11 Å². The molecule has 0 fully saturated rings. The number of rotatable bonds is 5. The lowest BCUT2D eigenvalue weighted by Crippen LogP contribution is -2.45. The second-order valence-corrected chi connectivity index (χ2v) is 5.75. The molecule has 1 rings (SSSR count). The number of carbonyl (C=O) groups is 1. The van der Waals surface area contributed by atoms with Gasteiger partial charge in [0.05, 0.1) is 7.11 Å². The smallest absolute Gasteiger partial charge is 0.325 e. The Hall–Kier alpha value is -0.870. The highest BCUT2D eigenvalue weighted by Crippen LogP contribution is 2.43. The molecule has 0 amide bonds. The first-order valence-corrected chi connectivity index (χ1v) is 6.62. The minimum atomic E-state index is -0.891. The molecule has 1 aromatic carbocycles. The van der Waals surface area contributed by atoms with Gasteiger partial charge in [-0.3, -0.25) is 4.79 Å². The molecule has 0 heterocycles. The summed E-state index contributed by atoms with van der Waals surface area (Å²) in [6, 6.07) is 9.66. The molecule has 0 bridgehead atoms. The summed E-state index contributed by atoms with van der Waals surface area (Å²) >= 11 is 3.54. The van der Waals surface area contributed by atoms with Crippen LogP contribution in [-0.4, -0.2) is 24.5 Å². The number of carbonyl (C=O) groups excluding carboxylic acids is 1. The molecule has 4 heteroatoms. The Balaban J connectivity index is 3.22. The predicted octanol–water partition coefficient (Wildman–Crippen LogP) is 3.34. The zero-order valence-electron chi connectivity index (χ0n) is 11.1. The maximum atomic E-state index is 12.1. The third-order valence-corrected chi connectivity index (χ3v) is 4.71. The minimum Gasteiger partial charge on any atom is -0.468 e. The fourth-order valence-electron chi connectivity index (χ4n) is 1.98. The molecule has 0 unspecified atom stereocenters. The summed E-state index contributed by atoms with van der Waals surface area (Å²) in [4.78, 5) is 12.1. The molecule has 18 heavy (non-hydrogen) atoms. The predicted molar refractivity (Wildman–Crippen MR) is 74.7 cm³/mol. The number of benzene rings is 1. The molecule has 3 nitrogen and oxygen atoms in total. The molecule has 0 spiro atoms. The van der Waals surface area contributed by atoms with Crippen molar-refractivity contribution < 1.29 is 14.3 Å². The van der Waals surface area contributed by atoms with Crippen LogP contribution in [0.4, 0.5) is 0 Å². The Morgan fingerprint density at radius 1 is 1.22 bits per heavy atom. The van der Waals surface area contributed by atoms with Gasteiger partial charge in [0.25, 0.3) is 0 Å². The zero-order chi connectivity index (χ0) is 13.8. The van der Waals surface area contributed by atoms with Crippen molar-refractivity contribution in [3.63, 3.8) is 0 Å². The molecular formula is C14H19BrO3. The molecule has 0 saturated carbocycles. The molecular weight excluding hydrogens is 296 g/mol. The van der Waals surface area contributed by atoms with Crippen LogP contribution in [0.1, 0.15) is 25.5 Å². The van der Waals surface area contributed by atoms with Crippen LogP contribution in [0, 0.1) is 5.92 Å². The lowest BCUT2D eigenvalue weighted by atomic mass is 9.86. The topological polar surface area (TPSA) is 35.5 Å². The quantitative estimate of drug-likeness (QED) is 0.617. The lowest BCUT2D eigenvalue weighted by Gasteiger charge is -2.35. The van der Waals surface area contributed by atoms with E-state index in [-0.39, 0.29) is 11.9 Å². The maximum Gasteiger partial charge on any atom is 0.325 e. The van der Waals surface area contributed by atoms with Gasteiger partial charge in [0, 0.05) is 7.11 Å². The molecule has 1 aromatic rings. The third-order valence-electron chi connectivity index (χ3n) is 3.06. The first-order valence-electron chi connectivity index (χ1n) is 5.83. The van der Waals surface area contributed by atoms with Crippen LogP contribution < -0.4 is 0 Å². The standard InChI is InChI=1S/C14H19BrO3/c1-10(2)14(15,13(16)18-4)12(17-3)11-8-6-5-7-9-11/h5-10,12H,1-4H3/t12-,14-/m1/s1. The Labute approximate surface area is 117 Å². The summed E-state index contributed by atoms with van der Waals surface area (Å²) in [5.41, 5.74) is 0.941. The first-order chi connectivity index (χ1) is 8.48. The van der Waals surface area contributed by atoms with Gasteiger partial charge in [-0.15, -0.1) is 0 Å². The van der Waals surface area contributed by atoms with Crippen LogP contribution in [-0.2, 0) is 14.3 Å². The minimum absolute atomic E-state index is 0.0232. The van der Waals surface area contributed by atoms with Crippen LogP contribution in [0.25, 0.3) is 0 Å². The highest BCUT2D eigenvalue weighted by molar-refractivity contribution is 9.10. The van der Waals surface area contributed by atoms with E-state index in [1.165, 1.54) is 7.11 Å². The highest BCUT2D eigenvalue weighted by atomic mass is 79.9. The largest absolute Gasteiger partial charge is 0.468 e. The van der Waals surface area contributed by atoms with Crippen molar-refractivity contribution in [2.45, 2.75) is 24.3 Å². The average Bonchev–Trinajstić information content (AvgIpc) is 2.39. The summed E-state index contributed by atoms with van der Waals surface area (Å²) < 4.78 is 9.56. The van der Waals surface area contributed by atoms with Gasteiger partial charge < -0.3 is 9.47 Å². The Morgan fingerprint density at radius 3 is 2.17 bits per heavy atom. The molecule has 0 N–H and O–H groups in total. The van der Waals surface area contributed by atoms with Gasteiger partial charge in [-0.25, -0.2) is 0 Å². The molecule has 100 valence electrons. The molecule has 0 saturated heterocycles. The molecule has 0 radical (unpaired) electrons. The summed E-state index contributed by atoms with van der Waals surface area (Å²) in [5.74, 6) is -0.302. The number of alkyl halides is 1. The van der Waals surface area contributed by atoms with Crippen LogP contribution >= 0.6 is 15.9 Å². The van der Waals surface area contributed by atoms with Gasteiger partial charge in [-0.2, -0.15) is 0 Å². The summed E-state index contributed by atoms with van der Waals surface area (Å²) in [6.07, 6.45) is -0.397. The lowest BCUT2D eigenvalue weighted by molar-refractivity contribution is -0.149. The zero-order valence-corrected chi connectivity index (χ0v) is 12.7. The Bertz CT molecular complexity index is 391. The van der Waals surface area contributed by atoms with E-state index in [4.69, 9.17) is 9.47 Å². The molecule has 0 aliphatic carbocycles. The van der Waals surface area contributed by atoms with Gasteiger partial charge in [0.1, 0.15) is 6.10 Å². The van der Waals surface area contributed by atoms with Crippen molar-refractivity contribution in [3.05, 3.63) is 35.9 Å². The number of hydrogen-bond acceptors (Lipinski definition) is 3. The Morgan fingerprint density at radius 2 is 1.78 bits per heavy atom. The number of hydrogen-bond donors (Lipinski definition) is 0.